The summed E-state index contributed by atoms with van der Waals surface area (Å²) >= 11 is 0. The second-order valence-electron chi connectivity index (χ2n) is 18.3. The Bertz CT molecular complexity index is 4440. The molecule has 0 N–H and O–H groups in total. The lowest BCUT2D eigenvalue weighted by molar-refractivity contribution is 0.822. The smallest absolute Gasteiger partial charge is 0.240 e. The third-order valence-electron chi connectivity index (χ3n) is 14.5. The van der Waals surface area contributed by atoms with Crippen molar-refractivity contribution in [3.8, 4) is 45.8 Å². The molecule has 0 spiro atoms. The van der Waals surface area contributed by atoms with E-state index in [1.54, 1.807) is 0 Å². The average Bonchev–Trinajstić information content (AvgIpc) is 4.17. The minimum Gasteiger partial charge on any atom is -0.307 e. The van der Waals surface area contributed by atoms with E-state index in [1.165, 1.54) is 32.8 Å². The van der Waals surface area contributed by atoms with Crippen LogP contribution in [0.2, 0.25) is 0 Å². The fourth-order valence-electron chi connectivity index (χ4n) is 11.5. The number of fused-ring (bicyclic) bond motifs is 14. The zero-order chi connectivity index (χ0) is 45.9. The highest BCUT2D eigenvalue weighted by Crippen LogP contribution is 2.44. The van der Waals surface area contributed by atoms with Crippen molar-refractivity contribution >= 4 is 82.4 Å². The molecular weight excluding hydrogens is 855 g/mol. The number of rotatable bonds is 6. The van der Waals surface area contributed by atoms with Crippen molar-refractivity contribution in [1.82, 2.24) is 33.2 Å². The van der Waals surface area contributed by atoms with Crippen LogP contribution >= 0.6 is 0 Å². The molecule has 0 saturated carbocycles. The molecule has 1 aliphatic carbocycles. The zero-order valence-electron chi connectivity index (χ0n) is 37.9. The predicted octanol–water partition coefficient (Wildman–Crippen LogP) is 15.4. The monoisotopic (exact) mass is 895 g/mol. The van der Waals surface area contributed by atoms with Crippen molar-refractivity contribution in [3.63, 3.8) is 0 Å². The highest BCUT2D eigenvalue weighted by atomic mass is 15.3. The third kappa shape index (κ3) is 5.60. The van der Waals surface area contributed by atoms with Crippen LogP contribution in [-0.4, -0.2) is 33.2 Å². The van der Waals surface area contributed by atoms with Crippen LogP contribution in [0.25, 0.3) is 128 Å². The summed E-state index contributed by atoms with van der Waals surface area (Å²) in [5.41, 5.74) is 15.4. The summed E-state index contributed by atoms with van der Waals surface area (Å²) in [6.07, 6.45) is 6.35. The van der Waals surface area contributed by atoms with E-state index in [0.29, 0.717) is 17.7 Å². The van der Waals surface area contributed by atoms with Crippen LogP contribution in [0.15, 0.2) is 218 Å². The van der Waals surface area contributed by atoms with Gasteiger partial charge in [-0.05, 0) is 66.4 Å². The molecule has 5 heterocycles. The van der Waals surface area contributed by atoms with Crippen molar-refractivity contribution in [1.29, 1.82) is 0 Å². The Morgan fingerprint density at radius 3 is 1.29 bits per heavy atom. The third-order valence-corrected chi connectivity index (χ3v) is 14.5. The summed E-state index contributed by atoms with van der Waals surface area (Å²) in [5, 5.41) is 8.15. The first-order valence-electron chi connectivity index (χ1n) is 24.0. The molecule has 0 atom stereocenters. The molecule has 70 heavy (non-hydrogen) atoms. The Morgan fingerprint density at radius 2 is 0.729 bits per heavy atom. The van der Waals surface area contributed by atoms with Crippen molar-refractivity contribution < 1.29 is 0 Å². The van der Waals surface area contributed by atoms with E-state index in [1.807, 2.05) is 0 Å². The number of allylic oxidation sites excluding steroid dienone is 1. The van der Waals surface area contributed by atoms with E-state index in [9.17, 15) is 0 Å². The standard InChI is InChI=1S/C63H41N7/c1-4-18-40(19-5-1)41-32-34-42(35-33-41)61-64-62(69-55-30-16-12-26-47(55)51-38-36-49-45-24-10-14-28-53(45)67(57(49)59(51)69)43-20-6-2-7-21-43)66-63(65-61)70-56-31-17-13-27-48(56)52-39-37-50-46-25-11-15-29-54(46)68(58(50)60(52)70)44-22-8-3-9-23-44/h1-16,18-30,32-39H,17,31H2. The maximum Gasteiger partial charge on any atom is 0.240 e. The first-order valence-corrected chi connectivity index (χ1v) is 24.0. The number of nitrogens with zero attached hydrogens (tertiary/aromatic N) is 7. The maximum atomic E-state index is 5.75. The molecule has 0 unspecified atom stereocenters. The summed E-state index contributed by atoms with van der Waals surface area (Å²) in [6.45, 7) is 0. The number of para-hydroxylation sites is 5. The zero-order valence-corrected chi connectivity index (χ0v) is 37.9. The van der Waals surface area contributed by atoms with Crippen LogP contribution in [0.4, 0.5) is 0 Å². The number of benzene rings is 9. The Kier molecular flexibility index (Phi) is 8.35. The van der Waals surface area contributed by atoms with Gasteiger partial charge in [0.1, 0.15) is 0 Å². The van der Waals surface area contributed by atoms with Gasteiger partial charge < -0.3 is 9.13 Å². The van der Waals surface area contributed by atoms with Gasteiger partial charge in [0.15, 0.2) is 5.82 Å². The summed E-state index contributed by atoms with van der Waals surface area (Å²) in [4.78, 5) is 16.9. The first kappa shape index (κ1) is 38.7. The van der Waals surface area contributed by atoms with Crippen LogP contribution < -0.4 is 0 Å². The van der Waals surface area contributed by atoms with Gasteiger partial charge in [-0.2, -0.15) is 15.0 Å². The largest absolute Gasteiger partial charge is 0.307 e. The van der Waals surface area contributed by atoms with E-state index in [-0.39, 0.29) is 0 Å². The van der Waals surface area contributed by atoms with Gasteiger partial charge in [-0.15, -0.1) is 0 Å². The van der Waals surface area contributed by atoms with Gasteiger partial charge in [-0.1, -0.05) is 182 Å². The van der Waals surface area contributed by atoms with Crippen LogP contribution in [0.5, 0.6) is 0 Å². The molecular formula is C63H41N7. The summed E-state index contributed by atoms with van der Waals surface area (Å²) in [5.74, 6) is 1.72. The summed E-state index contributed by atoms with van der Waals surface area (Å²) < 4.78 is 9.50. The molecule has 15 rings (SSSR count). The van der Waals surface area contributed by atoms with Crippen LogP contribution in [0, 0.1) is 0 Å². The van der Waals surface area contributed by atoms with Gasteiger partial charge in [0.05, 0.1) is 38.6 Å². The molecule has 0 fully saturated rings. The summed E-state index contributed by atoms with van der Waals surface area (Å²) in [7, 11) is 0. The quantitative estimate of drug-likeness (QED) is 0.167. The highest BCUT2D eigenvalue weighted by Gasteiger charge is 2.28. The molecule has 7 heteroatoms. The fourth-order valence-corrected chi connectivity index (χ4v) is 11.5. The molecule has 5 aromatic heterocycles. The van der Waals surface area contributed by atoms with Crippen LogP contribution in [0.3, 0.4) is 0 Å². The van der Waals surface area contributed by atoms with E-state index >= 15 is 0 Å². The highest BCUT2D eigenvalue weighted by molar-refractivity contribution is 6.24. The van der Waals surface area contributed by atoms with Crippen LogP contribution in [0.1, 0.15) is 17.7 Å². The predicted molar refractivity (Wildman–Crippen MR) is 288 cm³/mol. The van der Waals surface area contributed by atoms with Crippen molar-refractivity contribution in [2.24, 2.45) is 0 Å². The van der Waals surface area contributed by atoms with E-state index in [4.69, 9.17) is 15.0 Å². The molecule has 0 aliphatic heterocycles. The van der Waals surface area contributed by atoms with Gasteiger partial charge in [0, 0.05) is 65.9 Å². The molecule has 328 valence electrons. The lowest BCUT2D eigenvalue weighted by Gasteiger charge is -2.16. The average molecular weight is 896 g/mol. The van der Waals surface area contributed by atoms with Crippen molar-refractivity contribution in [2.75, 3.05) is 0 Å². The Morgan fingerprint density at radius 1 is 0.314 bits per heavy atom. The van der Waals surface area contributed by atoms with Gasteiger partial charge in [-0.3, -0.25) is 9.13 Å². The van der Waals surface area contributed by atoms with Gasteiger partial charge in [0.2, 0.25) is 11.9 Å². The lowest BCUT2D eigenvalue weighted by atomic mass is 10.0. The minimum atomic E-state index is 0.549. The second kappa shape index (κ2) is 15.1. The molecule has 0 radical (unpaired) electrons. The fraction of sp³-hybridized carbons (Fsp3) is 0.0317. The Labute approximate surface area is 402 Å². The SMILES string of the molecule is C1=Cc2c(n(-c3nc(-c4ccc(-c5ccccc5)cc4)nc(-n4c5ccccc5c5ccc6c7ccccc7n(-c7ccccc7)c6c54)n3)c3c2ccc2c4ccccc4n(-c4ccccc4)c23)CC1. The van der Waals surface area contributed by atoms with Crippen LogP contribution in [-0.2, 0) is 6.42 Å². The van der Waals surface area contributed by atoms with Crippen molar-refractivity contribution in [3.05, 3.63) is 230 Å². The topological polar surface area (TPSA) is 58.4 Å². The minimum absolute atomic E-state index is 0.549. The normalized spacial score (nSPS) is 12.7. The van der Waals surface area contributed by atoms with E-state index < -0.39 is 0 Å². The number of hydrogen-bond donors (Lipinski definition) is 0. The molecule has 0 amide bonds. The molecule has 1 aliphatic rings. The molecule has 0 bridgehead atoms. The van der Waals surface area contributed by atoms with Crippen molar-refractivity contribution in [2.45, 2.75) is 12.8 Å². The molecule has 0 saturated heterocycles. The maximum absolute atomic E-state index is 5.75. The molecule has 9 aromatic carbocycles. The Balaban J connectivity index is 1.10. The van der Waals surface area contributed by atoms with E-state index in [2.05, 4.69) is 243 Å². The Hall–Kier alpha value is -9.33. The van der Waals surface area contributed by atoms with Gasteiger partial charge in [-0.25, -0.2) is 0 Å². The number of hydrogen-bond acceptors (Lipinski definition) is 3. The molecule has 7 nitrogen and oxygen atoms in total. The number of aromatic nitrogens is 7. The van der Waals surface area contributed by atoms with Gasteiger partial charge in [0.25, 0.3) is 0 Å². The lowest BCUT2D eigenvalue weighted by Crippen LogP contribution is -2.13. The van der Waals surface area contributed by atoms with E-state index in [0.717, 1.165) is 95.7 Å². The van der Waals surface area contributed by atoms with Gasteiger partial charge >= 0.3 is 0 Å². The second-order valence-corrected chi connectivity index (χ2v) is 18.3. The first-order chi connectivity index (χ1) is 34.8. The summed E-state index contributed by atoms with van der Waals surface area (Å²) in [6, 6.07) is 75.9. The molecule has 14 aromatic rings.